The highest BCUT2D eigenvalue weighted by Gasteiger charge is 2.24. The van der Waals surface area contributed by atoms with Crippen molar-refractivity contribution >= 4 is 28.7 Å². The second kappa shape index (κ2) is 5.54. The van der Waals surface area contributed by atoms with Crippen LogP contribution in [0, 0.1) is 0 Å². The molecule has 3 aromatic rings. The lowest BCUT2D eigenvalue weighted by Crippen LogP contribution is -2.05. The highest BCUT2D eigenvalue weighted by molar-refractivity contribution is 6.13. The Bertz CT molecular complexity index is 956. The van der Waals surface area contributed by atoms with Gasteiger partial charge in [-0.3, -0.25) is 0 Å². The van der Waals surface area contributed by atoms with Crippen LogP contribution in [0.5, 0.6) is 0 Å². The minimum absolute atomic E-state index is 0.319. The van der Waals surface area contributed by atoms with E-state index in [2.05, 4.69) is 4.99 Å². The summed E-state index contributed by atoms with van der Waals surface area (Å²) >= 11 is 0. The van der Waals surface area contributed by atoms with E-state index in [9.17, 15) is 4.79 Å². The molecular weight excluding hydrogens is 286 g/mol. The number of esters is 1. The van der Waals surface area contributed by atoms with Crippen molar-refractivity contribution in [3.05, 3.63) is 89.6 Å². The summed E-state index contributed by atoms with van der Waals surface area (Å²) in [6.45, 7) is 0. The topological polar surface area (TPSA) is 38.7 Å². The van der Waals surface area contributed by atoms with Crippen LogP contribution in [-0.2, 0) is 9.53 Å². The average molecular weight is 299 g/mol. The van der Waals surface area contributed by atoms with Gasteiger partial charge in [-0.1, -0.05) is 60.7 Å². The molecule has 0 N–H and O–H groups in total. The van der Waals surface area contributed by atoms with E-state index in [0.29, 0.717) is 11.6 Å². The van der Waals surface area contributed by atoms with Gasteiger partial charge in [-0.25, -0.2) is 9.79 Å². The molecule has 1 aliphatic rings. The molecule has 0 aromatic heterocycles. The maximum Gasteiger partial charge on any atom is 0.363 e. The molecular formula is C20H13NO2. The lowest BCUT2D eigenvalue weighted by molar-refractivity contribution is -0.129. The molecule has 110 valence electrons. The third kappa shape index (κ3) is 2.64. The zero-order chi connectivity index (χ0) is 15.6. The van der Waals surface area contributed by atoms with E-state index in [0.717, 1.165) is 21.9 Å². The summed E-state index contributed by atoms with van der Waals surface area (Å²) in [7, 11) is 0. The van der Waals surface area contributed by atoms with Crippen LogP contribution in [0.25, 0.3) is 16.8 Å². The van der Waals surface area contributed by atoms with Gasteiger partial charge in [0.25, 0.3) is 0 Å². The number of fused-ring (bicyclic) bond motifs is 1. The van der Waals surface area contributed by atoms with Crippen molar-refractivity contribution < 1.29 is 9.53 Å². The molecule has 0 spiro atoms. The molecule has 3 heteroatoms. The summed E-state index contributed by atoms with van der Waals surface area (Å²) in [4.78, 5) is 16.4. The first kappa shape index (κ1) is 13.5. The Balaban J connectivity index is 1.72. The monoisotopic (exact) mass is 299 g/mol. The molecule has 0 radical (unpaired) electrons. The van der Waals surface area contributed by atoms with Gasteiger partial charge in [-0.05, 0) is 34.5 Å². The molecule has 0 aliphatic carbocycles. The van der Waals surface area contributed by atoms with Crippen LogP contribution in [0.1, 0.15) is 11.1 Å². The molecule has 0 saturated carbocycles. The summed E-state index contributed by atoms with van der Waals surface area (Å²) in [6.07, 6.45) is 1.73. The van der Waals surface area contributed by atoms with Crippen LogP contribution in [0.3, 0.4) is 0 Å². The van der Waals surface area contributed by atoms with Crippen LogP contribution in [0.15, 0.2) is 83.5 Å². The number of hydrogen-bond donors (Lipinski definition) is 0. The van der Waals surface area contributed by atoms with Crippen LogP contribution in [0.2, 0.25) is 0 Å². The van der Waals surface area contributed by atoms with Gasteiger partial charge in [0, 0.05) is 5.56 Å². The number of aliphatic imine (C=N–C) groups is 1. The number of hydrogen-bond acceptors (Lipinski definition) is 3. The smallest absolute Gasteiger partial charge is 0.363 e. The molecule has 0 fully saturated rings. The molecule has 3 aromatic carbocycles. The lowest BCUT2D eigenvalue weighted by atomic mass is 10.1. The number of carbonyl (C=O) groups excluding carboxylic acids is 1. The molecule has 0 atom stereocenters. The Morgan fingerprint density at radius 3 is 2.39 bits per heavy atom. The minimum Gasteiger partial charge on any atom is -0.402 e. The molecule has 1 aliphatic heterocycles. The van der Waals surface area contributed by atoms with Crippen LogP contribution >= 0.6 is 0 Å². The third-order valence-corrected chi connectivity index (χ3v) is 3.72. The van der Waals surface area contributed by atoms with Gasteiger partial charge in [0.05, 0.1) is 0 Å². The predicted octanol–water partition coefficient (Wildman–Crippen LogP) is 4.18. The summed E-state index contributed by atoms with van der Waals surface area (Å²) < 4.78 is 5.32. The van der Waals surface area contributed by atoms with Gasteiger partial charge in [0.1, 0.15) is 0 Å². The summed E-state index contributed by atoms with van der Waals surface area (Å²) in [5.74, 6) is -0.0695. The van der Waals surface area contributed by atoms with Gasteiger partial charge in [-0.2, -0.15) is 0 Å². The van der Waals surface area contributed by atoms with Gasteiger partial charge in [0.15, 0.2) is 5.70 Å². The van der Waals surface area contributed by atoms with E-state index in [1.54, 1.807) is 6.08 Å². The van der Waals surface area contributed by atoms with Crippen molar-refractivity contribution in [1.82, 2.24) is 0 Å². The molecule has 3 nitrogen and oxygen atoms in total. The van der Waals surface area contributed by atoms with E-state index in [1.165, 1.54) is 0 Å². The number of carbonyl (C=O) groups is 1. The van der Waals surface area contributed by atoms with Crippen molar-refractivity contribution in [2.75, 3.05) is 0 Å². The van der Waals surface area contributed by atoms with Gasteiger partial charge in [-0.15, -0.1) is 0 Å². The SMILES string of the molecule is O=C1OC(c2ccc3ccccc3c2)=N/C1=C/c1ccccc1. The fraction of sp³-hybridized carbons (Fsp3) is 0. The summed E-state index contributed by atoms with van der Waals surface area (Å²) in [5.41, 5.74) is 2.04. The van der Waals surface area contributed by atoms with Gasteiger partial charge < -0.3 is 4.74 Å². The molecule has 0 saturated heterocycles. The van der Waals surface area contributed by atoms with Crippen molar-refractivity contribution in [3.8, 4) is 0 Å². The second-order valence-corrected chi connectivity index (χ2v) is 5.31. The van der Waals surface area contributed by atoms with Crippen molar-refractivity contribution in [2.24, 2.45) is 4.99 Å². The Hall–Kier alpha value is -3.20. The Morgan fingerprint density at radius 2 is 1.57 bits per heavy atom. The highest BCUT2D eigenvalue weighted by Crippen LogP contribution is 2.22. The number of benzene rings is 3. The first-order valence-electron chi connectivity index (χ1n) is 7.36. The maximum atomic E-state index is 12.0. The molecule has 4 rings (SSSR count). The van der Waals surface area contributed by atoms with E-state index in [-0.39, 0.29) is 0 Å². The fourth-order valence-corrected chi connectivity index (χ4v) is 2.56. The molecule has 1 heterocycles. The molecule has 0 amide bonds. The number of ether oxygens (including phenoxy) is 1. The normalized spacial score (nSPS) is 15.7. The Morgan fingerprint density at radius 1 is 0.826 bits per heavy atom. The lowest BCUT2D eigenvalue weighted by Gasteiger charge is -2.02. The van der Waals surface area contributed by atoms with Crippen LogP contribution in [0.4, 0.5) is 0 Å². The van der Waals surface area contributed by atoms with Crippen LogP contribution < -0.4 is 0 Å². The molecule has 0 unspecified atom stereocenters. The van der Waals surface area contributed by atoms with Crippen molar-refractivity contribution in [2.45, 2.75) is 0 Å². The highest BCUT2D eigenvalue weighted by atomic mass is 16.6. The van der Waals surface area contributed by atoms with Crippen LogP contribution in [-0.4, -0.2) is 11.9 Å². The van der Waals surface area contributed by atoms with E-state index < -0.39 is 5.97 Å². The number of nitrogens with zero attached hydrogens (tertiary/aromatic N) is 1. The summed E-state index contributed by atoms with van der Waals surface area (Å²) in [6, 6.07) is 23.5. The maximum absolute atomic E-state index is 12.0. The molecule has 0 bridgehead atoms. The predicted molar refractivity (Wildman–Crippen MR) is 91.0 cm³/mol. The second-order valence-electron chi connectivity index (χ2n) is 5.31. The Labute approximate surface area is 133 Å². The zero-order valence-electron chi connectivity index (χ0n) is 12.3. The summed E-state index contributed by atoms with van der Waals surface area (Å²) in [5, 5.41) is 2.23. The van der Waals surface area contributed by atoms with E-state index in [1.807, 2.05) is 72.8 Å². The van der Waals surface area contributed by atoms with Crippen molar-refractivity contribution in [3.63, 3.8) is 0 Å². The standard InChI is InChI=1S/C20H13NO2/c22-20-18(12-14-6-2-1-3-7-14)21-19(23-20)17-11-10-15-8-4-5-9-16(15)13-17/h1-13H/b18-12+. The third-order valence-electron chi connectivity index (χ3n) is 3.72. The van der Waals surface area contributed by atoms with E-state index in [4.69, 9.17) is 4.74 Å². The fourth-order valence-electron chi connectivity index (χ4n) is 2.56. The van der Waals surface area contributed by atoms with Gasteiger partial charge >= 0.3 is 5.97 Å². The largest absolute Gasteiger partial charge is 0.402 e. The van der Waals surface area contributed by atoms with E-state index >= 15 is 0 Å². The first-order valence-corrected chi connectivity index (χ1v) is 7.36. The van der Waals surface area contributed by atoms with Gasteiger partial charge in [0.2, 0.25) is 5.90 Å². The zero-order valence-corrected chi connectivity index (χ0v) is 12.3. The number of cyclic esters (lactones) is 1. The minimum atomic E-state index is -0.419. The van der Waals surface area contributed by atoms with Crippen molar-refractivity contribution in [1.29, 1.82) is 0 Å². The number of rotatable bonds is 2. The quantitative estimate of drug-likeness (QED) is 0.526. The molecule has 23 heavy (non-hydrogen) atoms. The Kier molecular flexibility index (Phi) is 3.24. The average Bonchev–Trinajstić information content (AvgIpc) is 2.96. The first-order chi connectivity index (χ1) is 11.3.